The maximum absolute atomic E-state index is 12.3. The van der Waals surface area contributed by atoms with Gasteiger partial charge in [-0.15, -0.1) is 17.4 Å². The predicted molar refractivity (Wildman–Crippen MR) is 56.0 cm³/mol. The molecule has 0 aliphatic carbocycles. The van der Waals surface area contributed by atoms with E-state index in [0.717, 1.165) is 12.8 Å². The average Bonchev–Trinajstić information content (AvgIpc) is 2.28. The van der Waals surface area contributed by atoms with Crippen LogP contribution in [0, 0.1) is 12.3 Å². The highest BCUT2D eigenvalue weighted by molar-refractivity contribution is 5.23. The van der Waals surface area contributed by atoms with Gasteiger partial charge in [0.15, 0.2) is 5.69 Å². The van der Waals surface area contributed by atoms with Gasteiger partial charge in [-0.3, -0.25) is 0 Å². The van der Waals surface area contributed by atoms with Crippen LogP contribution < -0.4 is 5.32 Å². The number of nitrogens with zero attached hydrogens (tertiary/aromatic N) is 3. The van der Waals surface area contributed by atoms with Gasteiger partial charge in [0.05, 0.1) is 6.20 Å². The lowest BCUT2D eigenvalue weighted by molar-refractivity contribution is -0.141. The number of unbranched alkanes of at least 4 members (excludes halogenated alkanes) is 2. The fraction of sp³-hybridized carbons (Fsp3) is 0.500. The molecule has 1 aromatic rings. The maximum Gasteiger partial charge on any atom is 0.435 e. The van der Waals surface area contributed by atoms with Gasteiger partial charge in [0.25, 0.3) is 0 Å². The zero-order valence-electron chi connectivity index (χ0n) is 8.96. The Balaban J connectivity index is 2.47. The van der Waals surface area contributed by atoms with E-state index >= 15 is 0 Å². The summed E-state index contributed by atoms with van der Waals surface area (Å²) in [6.07, 6.45) is 3.33. The molecule has 1 aromatic heterocycles. The van der Waals surface area contributed by atoms with Crippen LogP contribution in [-0.4, -0.2) is 21.7 Å². The van der Waals surface area contributed by atoms with Gasteiger partial charge < -0.3 is 5.32 Å². The third-order valence-corrected chi connectivity index (χ3v) is 1.88. The number of aromatic nitrogens is 3. The number of hydrogen-bond donors (Lipinski definition) is 1. The Kier molecular flexibility index (Phi) is 4.69. The fourth-order valence-electron chi connectivity index (χ4n) is 1.07. The van der Waals surface area contributed by atoms with Crippen molar-refractivity contribution >= 4 is 5.95 Å². The summed E-state index contributed by atoms with van der Waals surface area (Å²) in [4.78, 5) is 3.31. The van der Waals surface area contributed by atoms with E-state index < -0.39 is 11.9 Å². The molecule has 0 unspecified atom stereocenters. The van der Waals surface area contributed by atoms with Crippen LogP contribution in [-0.2, 0) is 6.18 Å². The first-order valence-corrected chi connectivity index (χ1v) is 4.98. The molecule has 0 atom stereocenters. The Morgan fingerprint density at radius 1 is 1.35 bits per heavy atom. The van der Waals surface area contributed by atoms with Gasteiger partial charge >= 0.3 is 6.18 Å². The Labute approximate surface area is 96.7 Å². The molecule has 0 fully saturated rings. The Morgan fingerprint density at radius 2 is 2.12 bits per heavy atom. The molecule has 4 nitrogen and oxygen atoms in total. The standard InChI is InChI=1S/C10H11F3N4/c1-2-3-4-5-6-14-9-16-8(7-15-17-9)10(11,12)13/h1,7H,3-6H2,(H,14,16,17). The van der Waals surface area contributed by atoms with Crippen LogP contribution in [0.1, 0.15) is 25.0 Å². The molecule has 0 aliphatic heterocycles. The Morgan fingerprint density at radius 3 is 2.76 bits per heavy atom. The van der Waals surface area contributed by atoms with Crippen LogP contribution in [0.25, 0.3) is 0 Å². The highest BCUT2D eigenvalue weighted by Crippen LogP contribution is 2.26. The monoisotopic (exact) mass is 244 g/mol. The normalized spacial score (nSPS) is 10.9. The van der Waals surface area contributed by atoms with E-state index in [9.17, 15) is 13.2 Å². The lowest BCUT2D eigenvalue weighted by Crippen LogP contribution is -2.13. The summed E-state index contributed by atoms with van der Waals surface area (Å²) in [6, 6.07) is 0. The van der Waals surface area contributed by atoms with Crippen molar-refractivity contribution in [2.24, 2.45) is 0 Å². The zero-order valence-corrected chi connectivity index (χ0v) is 8.96. The predicted octanol–water partition coefficient (Wildman–Crippen LogP) is 2.11. The quantitative estimate of drug-likeness (QED) is 0.636. The second kappa shape index (κ2) is 6.03. The number of halogens is 3. The summed E-state index contributed by atoms with van der Waals surface area (Å²) in [5.41, 5.74) is -1.06. The molecule has 0 radical (unpaired) electrons. The summed E-state index contributed by atoms with van der Waals surface area (Å²) in [5.74, 6) is 2.35. The van der Waals surface area contributed by atoms with Crippen LogP contribution in [0.5, 0.6) is 0 Å². The van der Waals surface area contributed by atoms with Crippen molar-refractivity contribution in [3.8, 4) is 12.3 Å². The first-order chi connectivity index (χ1) is 8.04. The Hall–Kier alpha value is -1.84. The van der Waals surface area contributed by atoms with Crippen LogP contribution in [0.3, 0.4) is 0 Å². The zero-order chi connectivity index (χ0) is 12.7. The molecular weight excluding hydrogens is 233 g/mol. The summed E-state index contributed by atoms with van der Waals surface area (Å²) in [6.45, 7) is 0.463. The van der Waals surface area contributed by atoms with Crippen LogP contribution in [0.4, 0.5) is 19.1 Å². The van der Waals surface area contributed by atoms with Crippen molar-refractivity contribution in [3.63, 3.8) is 0 Å². The van der Waals surface area contributed by atoms with Crippen LogP contribution in [0.15, 0.2) is 6.20 Å². The number of hydrogen-bond acceptors (Lipinski definition) is 4. The van der Waals surface area contributed by atoms with E-state index in [1.165, 1.54) is 0 Å². The lowest BCUT2D eigenvalue weighted by atomic mass is 10.2. The summed E-state index contributed by atoms with van der Waals surface area (Å²) >= 11 is 0. The number of anilines is 1. The highest BCUT2D eigenvalue weighted by Gasteiger charge is 2.33. The molecular formula is C10H11F3N4. The SMILES string of the molecule is C#CCCCCNc1nncc(C(F)(F)F)n1. The molecule has 92 valence electrons. The first kappa shape index (κ1) is 13.2. The van der Waals surface area contributed by atoms with Gasteiger partial charge in [0.1, 0.15) is 0 Å². The number of rotatable bonds is 5. The fourth-order valence-corrected chi connectivity index (χ4v) is 1.07. The summed E-state index contributed by atoms with van der Waals surface area (Å²) < 4.78 is 36.8. The van der Waals surface area contributed by atoms with Gasteiger partial charge in [-0.1, -0.05) is 0 Å². The largest absolute Gasteiger partial charge is 0.435 e. The molecule has 1 heterocycles. The Bertz CT molecular complexity index is 397. The van der Waals surface area contributed by atoms with Crippen molar-refractivity contribution in [2.75, 3.05) is 11.9 Å². The van der Waals surface area contributed by atoms with Gasteiger partial charge in [-0.25, -0.2) is 4.98 Å². The number of alkyl halides is 3. The first-order valence-electron chi connectivity index (χ1n) is 4.98. The van der Waals surface area contributed by atoms with Crippen molar-refractivity contribution in [3.05, 3.63) is 11.9 Å². The molecule has 0 bridgehead atoms. The second-order valence-corrected chi connectivity index (χ2v) is 3.25. The van der Waals surface area contributed by atoms with Gasteiger partial charge in [-0.2, -0.15) is 18.3 Å². The minimum Gasteiger partial charge on any atom is -0.353 e. The van der Waals surface area contributed by atoms with E-state index in [2.05, 4.69) is 26.4 Å². The second-order valence-electron chi connectivity index (χ2n) is 3.25. The summed E-state index contributed by atoms with van der Waals surface area (Å²) in [7, 11) is 0. The molecule has 0 aliphatic rings. The van der Waals surface area contributed by atoms with Crippen molar-refractivity contribution in [2.45, 2.75) is 25.4 Å². The number of nitrogens with one attached hydrogen (secondary N) is 1. The highest BCUT2D eigenvalue weighted by atomic mass is 19.4. The molecule has 0 saturated carbocycles. The smallest absolute Gasteiger partial charge is 0.353 e. The minimum absolute atomic E-state index is 0.125. The molecule has 0 saturated heterocycles. The molecule has 0 aromatic carbocycles. The third-order valence-electron chi connectivity index (χ3n) is 1.88. The van der Waals surface area contributed by atoms with Crippen molar-refractivity contribution in [1.29, 1.82) is 0 Å². The molecule has 7 heteroatoms. The molecule has 1 N–H and O–H groups in total. The van der Waals surface area contributed by atoms with Gasteiger partial charge in [0, 0.05) is 13.0 Å². The molecule has 0 amide bonds. The topological polar surface area (TPSA) is 50.7 Å². The minimum atomic E-state index is -4.50. The summed E-state index contributed by atoms with van der Waals surface area (Å²) in [5, 5.41) is 9.36. The third kappa shape index (κ3) is 4.68. The van der Waals surface area contributed by atoms with Gasteiger partial charge in [0.2, 0.25) is 5.95 Å². The number of terminal acetylenes is 1. The van der Waals surface area contributed by atoms with E-state index in [4.69, 9.17) is 6.42 Å². The van der Waals surface area contributed by atoms with Crippen molar-refractivity contribution in [1.82, 2.24) is 15.2 Å². The molecule has 0 spiro atoms. The van der Waals surface area contributed by atoms with E-state index in [1.807, 2.05) is 0 Å². The van der Waals surface area contributed by atoms with Crippen LogP contribution >= 0.6 is 0 Å². The van der Waals surface area contributed by atoms with E-state index in [-0.39, 0.29) is 5.95 Å². The van der Waals surface area contributed by atoms with E-state index in [1.54, 1.807) is 0 Å². The van der Waals surface area contributed by atoms with Gasteiger partial charge in [-0.05, 0) is 12.8 Å². The van der Waals surface area contributed by atoms with E-state index in [0.29, 0.717) is 19.2 Å². The molecule has 17 heavy (non-hydrogen) atoms. The molecule has 1 rings (SSSR count). The van der Waals surface area contributed by atoms with Crippen LogP contribution in [0.2, 0.25) is 0 Å². The maximum atomic E-state index is 12.3. The average molecular weight is 244 g/mol. The van der Waals surface area contributed by atoms with Crippen molar-refractivity contribution < 1.29 is 13.2 Å². The lowest BCUT2D eigenvalue weighted by Gasteiger charge is -2.07.